The smallest absolute Gasteiger partial charge is 0.316 e. The fraction of sp³-hybridized carbons (Fsp3) is 0.333. The van der Waals surface area contributed by atoms with Gasteiger partial charge in [0.25, 0.3) is 11.9 Å². The molecule has 2 aromatic carbocycles. The third kappa shape index (κ3) is 4.86. The van der Waals surface area contributed by atoms with Crippen molar-refractivity contribution in [2.24, 2.45) is 5.92 Å². The number of carbonyl (C=O) groups is 1. The van der Waals surface area contributed by atoms with E-state index in [1.807, 2.05) is 30.0 Å². The molecule has 0 aliphatic carbocycles. The molecule has 3 heterocycles. The normalized spacial score (nSPS) is 17.8. The lowest BCUT2D eigenvalue weighted by Gasteiger charge is -2.40. The van der Waals surface area contributed by atoms with Crippen LogP contribution in [0, 0.1) is 12.8 Å². The van der Waals surface area contributed by atoms with E-state index in [0.717, 1.165) is 29.5 Å². The summed E-state index contributed by atoms with van der Waals surface area (Å²) in [5, 5.41) is 3.92. The summed E-state index contributed by atoms with van der Waals surface area (Å²) in [7, 11) is 1.53. The molecule has 0 bridgehead atoms. The molecule has 9 heteroatoms. The molecule has 2 atom stereocenters. The first-order valence-corrected chi connectivity index (χ1v) is 12.4. The number of likely N-dealkylation sites (tertiary alicyclic amines) is 1. The van der Waals surface area contributed by atoms with Crippen molar-refractivity contribution in [3.05, 3.63) is 64.9 Å². The number of anilines is 1. The van der Waals surface area contributed by atoms with Crippen LogP contribution in [-0.4, -0.2) is 52.0 Å². The van der Waals surface area contributed by atoms with E-state index < -0.39 is 0 Å². The SMILES string of the molecule is COc1ncc(-c2ccc(C)cc2C(=O)N2CCC[C@@H](C)C2CNc2nc3cc(Cl)ccc3o2)cn1. The molecule has 1 saturated heterocycles. The maximum Gasteiger partial charge on any atom is 0.316 e. The molecule has 1 fully saturated rings. The van der Waals surface area contributed by atoms with E-state index >= 15 is 0 Å². The molecular weight excluding hydrogens is 478 g/mol. The van der Waals surface area contributed by atoms with Gasteiger partial charge < -0.3 is 19.4 Å². The summed E-state index contributed by atoms with van der Waals surface area (Å²) in [6.07, 6.45) is 5.37. The van der Waals surface area contributed by atoms with Crippen LogP contribution in [0.2, 0.25) is 5.02 Å². The van der Waals surface area contributed by atoms with Crippen molar-refractivity contribution in [2.45, 2.75) is 32.7 Å². The van der Waals surface area contributed by atoms with E-state index in [2.05, 4.69) is 27.2 Å². The highest BCUT2D eigenvalue weighted by molar-refractivity contribution is 6.31. The highest BCUT2D eigenvalue weighted by Gasteiger charge is 2.33. The number of oxazole rings is 1. The minimum absolute atomic E-state index is 0.00721. The zero-order chi connectivity index (χ0) is 25.2. The molecule has 1 amide bonds. The van der Waals surface area contributed by atoms with Gasteiger partial charge in [-0.15, -0.1) is 0 Å². The fourth-order valence-corrected chi connectivity index (χ4v) is 4.95. The van der Waals surface area contributed by atoms with Crippen LogP contribution in [0.1, 0.15) is 35.7 Å². The number of hydrogen-bond acceptors (Lipinski definition) is 7. The number of amides is 1. The molecular formula is C27H28ClN5O3. The van der Waals surface area contributed by atoms with Gasteiger partial charge in [-0.1, -0.05) is 36.2 Å². The molecule has 0 spiro atoms. The number of nitrogens with zero attached hydrogens (tertiary/aromatic N) is 4. The number of aromatic nitrogens is 3. The van der Waals surface area contributed by atoms with E-state index in [-0.39, 0.29) is 18.0 Å². The molecule has 5 rings (SSSR count). The number of piperidine rings is 1. The Morgan fingerprint density at radius 2 is 2.03 bits per heavy atom. The van der Waals surface area contributed by atoms with Crippen molar-refractivity contribution in [1.82, 2.24) is 19.9 Å². The van der Waals surface area contributed by atoms with Crippen LogP contribution in [0.25, 0.3) is 22.2 Å². The lowest BCUT2D eigenvalue weighted by atomic mass is 9.89. The van der Waals surface area contributed by atoms with E-state index in [1.165, 1.54) is 7.11 Å². The minimum Gasteiger partial charge on any atom is -0.467 e. The first-order chi connectivity index (χ1) is 17.4. The first-order valence-electron chi connectivity index (χ1n) is 12.0. The summed E-state index contributed by atoms with van der Waals surface area (Å²) in [6, 6.07) is 11.9. The van der Waals surface area contributed by atoms with Crippen molar-refractivity contribution >= 4 is 34.6 Å². The number of benzene rings is 2. The third-order valence-corrected chi connectivity index (χ3v) is 6.95. The number of ether oxygens (including phenoxy) is 1. The van der Waals surface area contributed by atoms with Crippen LogP contribution in [0.4, 0.5) is 6.01 Å². The Hall–Kier alpha value is -3.65. The van der Waals surface area contributed by atoms with Gasteiger partial charge in [0.1, 0.15) is 5.52 Å². The van der Waals surface area contributed by atoms with Gasteiger partial charge in [-0.3, -0.25) is 4.79 Å². The summed E-state index contributed by atoms with van der Waals surface area (Å²) in [5.74, 6) is 0.304. The molecule has 186 valence electrons. The summed E-state index contributed by atoms with van der Waals surface area (Å²) < 4.78 is 10.9. The molecule has 1 aliphatic rings. The number of rotatable bonds is 6. The van der Waals surface area contributed by atoms with Gasteiger partial charge in [0.15, 0.2) is 5.58 Å². The number of halogens is 1. The maximum atomic E-state index is 14.0. The van der Waals surface area contributed by atoms with Gasteiger partial charge in [-0.05, 0) is 55.5 Å². The quantitative estimate of drug-likeness (QED) is 0.364. The van der Waals surface area contributed by atoms with Crippen LogP contribution in [-0.2, 0) is 0 Å². The average Bonchev–Trinajstić information content (AvgIpc) is 3.29. The van der Waals surface area contributed by atoms with Gasteiger partial charge >= 0.3 is 6.01 Å². The van der Waals surface area contributed by atoms with Crippen molar-refractivity contribution in [3.8, 4) is 17.1 Å². The highest BCUT2D eigenvalue weighted by Crippen LogP contribution is 2.31. The second-order valence-corrected chi connectivity index (χ2v) is 9.64. The van der Waals surface area contributed by atoms with Crippen molar-refractivity contribution in [3.63, 3.8) is 0 Å². The van der Waals surface area contributed by atoms with Crippen LogP contribution >= 0.6 is 11.6 Å². The average molecular weight is 506 g/mol. The second kappa shape index (κ2) is 10.1. The standard InChI is InChI=1S/C27H28ClN5O3/c1-16-6-8-20(18-13-29-26(35-3)30-14-18)21(11-16)25(34)33-10-4-5-17(2)23(33)15-31-27-32-22-12-19(28)7-9-24(22)36-27/h6-9,11-14,17,23H,4-5,10,15H2,1-3H3,(H,31,32)/t17-,23?/m1/s1. The predicted molar refractivity (Wildman–Crippen MR) is 139 cm³/mol. The molecule has 1 unspecified atom stereocenters. The molecule has 1 N–H and O–H groups in total. The first kappa shape index (κ1) is 24.1. The summed E-state index contributed by atoms with van der Waals surface area (Å²) >= 11 is 6.08. The minimum atomic E-state index is -0.0228. The van der Waals surface area contributed by atoms with E-state index in [4.69, 9.17) is 20.8 Å². The maximum absolute atomic E-state index is 14.0. The van der Waals surface area contributed by atoms with Gasteiger partial charge in [-0.2, -0.15) is 4.98 Å². The summed E-state index contributed by atoms with van der Waals surface area (Å²) in [4.78, 5) is 28.9. The fourth-order valence-electron chi connectivity index (χ4n) is 4.78. The zero-order valence-electron chi connectivity index (χ0n) is 20.5. The largest absolute Gasteiger partial charge is 0.467 e. The van der Waals surface area contributed by atoms with Gasteiger partial charge in [0.2, 0.25) is 0 Å². The monoisotopic (exact) mass is 505 g/mol. The van der Waals surface area contributed by atoms with E-state index in [9.17, 15) is 4.79 Å². The summed E-state index contributed by atoms with van der Waals surface area (Å²) in [6.45, 7) is 5.39. The van der Waals surface area contributed by atoms with Crippen molar-refractivity contribution < 1.29 is 13.9 Å². The Bertz CT molecular complexity index is 1390. The second-order valence-electron chi connectivity index (χ2n) is 9.20. The molecule has 4 aromatic rings. The van der Waals surface area contributed by atoms with Gasteiger partial charge in [0, 0.05) is 41.6 Å². The highest BCUT2D eigenvalue weighted by atomic mass is 35.5. The topological polar surface area (TPSA) is 93.4 Å². The van der Waals surface area contributed by atoms with Crippen LogP contribution < -0.4 is 10.1 Å². The summed E-state index contributed by atoms with van der Waals surface area (Å²) in [5.41, 5.74) is 4.58. The predicted octanol–water partition coefficient (Wildman–Crippen LogP) is 5.61. The number of carbonyl (C=O) groups excluding carboxylic acids is 1. The number of methoxy groups -OCH3 is 1. The van der Waals surface area contributed by atoms with Crippen LogP contribution in [0.15, 0.2) is 53.2 Å². The van der Waals surface area contributed by atoms with E-state index in [1.54, 1.807) is 30.6 Å². The number of hydrogen-bond donors (Lipinski definition) is 1. The van der Waals surface area contributed by atoms with Crippen molar-refractivity contribution in [2.75, 3.05) is 25.5 Å². The van der Waals surface area contributed by atoms with Crippen LogP contribution in [0.5, 0.6) is 6.01 Å². The molecule has 0 saturated carbocycles. The van der Waals surface area contributed by atoms with Gasteiger partial charge in [0.05, 0.1) is 13.2 Å². The zero-order valence-corrected chi connectivity index (χ0v) is 21.2. The Morgan fingerprint density at radius 3 is 2.81 bits per heavy atom. The number of nitrogens with one attached hydrogen (secondary N) is 1. The molecule has 2 aromatic heterocycles. The Balaban J connectivity index is 1.41. The van der Waals surface area contributed by atoms with Gasteiger partial charge in [-0.25, -0.2) is 9.97 Å². The third-order valence-electron chi connectivity index (χ3n) is 6.72. The lowest BCUT2D eigenvalue weighted by Crippen LogP contribution is -2.51. The Kier molecular flexibility index (Phi) is 6.78. The van der Waals surface area contributed by atoms with Crippen molar-refractivity contribution in [1.29, 1.82) is 0 Å². The Labute approximate surface area is 214 Å². The molecule has 0 radical (unpaired) electrons. The van der Waals surface area contributed by atoms with Crippen LogP contribution in [0.3, 0.4) is 0 Å². The lowest BCUT2D eigenvalue weighted by molar-refractivity contribution is 0.0540. The Morgan fingerprint density at radius 1 is 1.22 bits per heavy atom. The van der Waals surface area contributed by atoms with E-state index in [0.29, 0.717) is 46.7 Å². The number of aryl methyl sites for hydroxylation is 1. The number of fused-ring (bicyclic) bond motifs is 1. The molecule has 36 heavy (non-hydrogen) atoms. The molecule has 8 nitrogen and oxygen atoms in total. The molecule has 1 aliphatic heterocycles.